The van der Waals surface area contributed by atoms with Gasteiger partial charge in [0.1, 0.15) is 5.69 Å². The van der Waals surface area contributed by atoms with Crippen LogP contribution in [0.15, 0.2) is 11.1 Å². The molecular formula is C6H9N3O4S2. The average Bonchev–Trinajstić information content (AvgIpc) is 2.44. The van der Waals surface area contributed by atoms with Gasteiger partial charge in [0.2, 0.25) is 10.0 Å². The third kappa shape index (κ3) is 3.13. The summed E-state index contributed by atoms with van der Waals surface area (Å²) in [4.78, 5) is 13.6. The van der Waals surface area contributed by atoms with Gasteiger partial charge in [0, 0.05) is 6.26 Å². The average molecular weight is 251 g/mol. The fraction of sp³-hybridized carbons (Fsp3) is 0.333. The molecule has 1 heterocycles. The standard InChI is InChI=1S/C6H9N3O4S2/c1-14(11)6-3-9(7-5(6)4-10)8-15(2,12)13/h3-4,8H,1-2H3. The smallest absolute Gasteiger partial charge is 0.244 e. The fourth-order valence-electron chi connectivity index (χ4n) is 0.891. The predicted octanol–water partition coefficient (Wildman–Crippen LogP) is -1.06. The van der Waals surface area contributed by atoms with Gasteiger partial charge in [0.25, 0.3) is 0 Å². The van der Waals surface area contributed by atoms with E-state index in [-0.39, 0.29) is 10.6 Å². The molecule has 1 aromatic heterocycles. The molecule has 0 bridgehead atoms. The number of aldehydes is 1. The largest absolute Gasteiger partial charge is 0.296 e. The lowest BCUT2D eigenvalue weighted by molar-refractivity contribution is 0.111. The van der Waals surface area contributed by atoms with E-state index in [2.05, 4.69) is 5.10 Å². The second-order valence-corrected chi connectivity index (χ2v) is 5.83. The zero-order valence-electron chi connectivity index (χ0n) is 8.00. The summed E-state index contributed by atoms with van der Waals surface area (Å²) in [6.45, 7) is 0. The number of sulfonamides is 1. The second-order valence-electron chi connectivity index (χ2n) is 2.76. The Kier molecular flexibility index (Phi) is 3.25. The summed E-state index contributed by atoms with van der Waals surface area (Å²) in [5, 5.41) is 3.60. The number of aromatic nitrogens is 2. The van der Waals surface area contributed by atoms with Gasteiger partial charge in [-0.3, -0.25) is 9.00 Å². The normalized spacial score (nSPS) is 13.5. The molecule has 1 rings (SSSR count). The maximum absolute atomic E-state index is 11.1. The van der Waals surface area contributed by atoms with Gasteiger partial charge < -0.3 is 0 Å². The Morgan fingerprint density at radius 2 is 2.20 bits per heavy atom. The number of hydrogen-bond acceptors (Lipinski definition) is 5. The van der Waals surface area contributed by atoms with Crippen LogP contribution >= 0.6 is 0 Å². The van der Waals surface area contributed by atoms with Crippen molar-refractivity contribution in [2.75, 3.05) is 17.3 Å². The van der Waals surface area contributed by atoms with Crippen LogP contribution in [0.4, 0.5) is 0 Å². The minimum absolute atomic E-state index is 0.0491. The molecule has 84 valence electrons. The number of carbonyl (C=O) groups is 1. The van der Waals surface area contributed by atoms with Gasteiger partial charge in [0.15, 0.2) is 6.29 Å². The first-order valence-electron chi connectivity index (χ1n) is 3.69. The van der Waals surface area contributed by atoms with E-state index in [4.69, 9.17) is 0 Å². The highest BCUT2D eigenvalue weighted by atomic mass is 32.2. The zero-order valence-corrected chi connectivity index (χ0v) is 9.63. The number of nitrogens with zero attached hydrogens (tertiary/aromatic N) is 2. The lowest BCUT2D eigenvalue weighted by Crippen LogP contribution is -2.22. The molecule has 15 heavy (non-hydrogen) atoms. The summed E-state index contributed by atoms with van der Waals surface area (Å²) in [5.74, 6) is 0. The monoisotopic (exact) mass is 251 g/mol. The predicted molar refractivity (Wildman–Crippen MR) is 54.2 cm³/mol. The van der Waals surface area contributed by atoms with Gasteiger partial charge in [0.05, 0.1) is 28.1 Å². The zero-order chi connectivity index (χ0) is 11.6. The van der Waals surface area contributed by atoms with Gasteiger partial charge in [-0.1, -0.05) is 0 Å². The summed E-state index contributed by atoms with van der Waals surface area (Å²) in [7, 11) is -4.88. The topological polar surface area (TPSA) is 98.1 Å². The highest BCUT2D eigenvalue weighted by Crippen LogP contribution is 2.08. The highest BCUT2D eigenvalue weighted by molar-refractivity contribution is 7.91. The maximum atomic E-state index is 11.1. The molecule has 0 radical (unpaired) electrons. The van der Waals surface area contributed by atoms with E-state index in [0.717, 1.165) is 11.0 Å². The fourth-order valence-corrected chi connectivity index (χ4v) is 1.96. The Balaban J connectivity index is 3.14. The van der Waals surface area contributed by atoms with Crippen molar-refractivity contribution in [3.63, 3.8) is 0 Å². The van der Waals surface area contributed by atoms with Crippen LogP contribution in [0.25, 0.3) is 0 Å². The molecule has 0 aliphatic carbocycles. The molecule has 0 spiro atoms. The van der Waals surface area contributed by atoms with Crippen LogP contribution in [0, 0.1) is 0 Å². The molecule has 0 fully saturated rings. The van der Waals surface area contributed by atoms with Gasteiger partial charge in [-0.05, 0) is 0 Å². The molecule has 7 nitrogen and oxygen atoms in total. The van der Waals surface area contributed by atoms with Crippen LogP contribution in [0.5, 0.6) is 0 Å². The lowest BCUT2D eigenvalue weighted by Gasteiger charge is -2.00. The van der Waals surface area contributed by atoms with Crippen molar-refractivity contribution in [2.24, 2.45) is 0 Å². The van der Waals surface area contributed by atoms with Crippen LogP contribution < -0.4 is 4.83 Å². The first-order chi connectivity index (χ1) is 6.83. The van der Waals surface area contributed by atoms with E-state index in [9.17, 15) is 17.4 Å². The van der Waals surface area contributed by atoms with Crippen molar-refractivity contribution in [3.8, 4) is 0 Å². The van der Waals surface area contributed by atoms with Crippen molar-refractivity contribution in [2.45, 2.75) is 4.90 Å². The summed E-state index contributed by atoms with van der Waals surface area (Å²) >= 11 is 0. The van der Waals surface area contributed by atoms with Crippen LogP contribution in [0.1, 0.15) is 10.5 Å². The van der Waals surface area contributed by atoms with E-state index >= 15 is 0 Å². The quantitative estimate of drug-likeness (QED) is 0.687. The van der Waals surface area contributed by atoms with Crippen molar-refractivity contribution >= 4 is 27.1 Å². The minimum atomic E-state index is -3.48. The molecule has 9 heteroatoms. The number of hydrogen-bond donors (Lipinski definition) is 1. The Labute approximate surface area is 89.0 Å². The summed E-state index contributed by atoms with van der Waals surface area (Å²) in [6, 6.07) is 0. The van der Waals surface area contributed by atoms with Crippen molar-refractivity contribution < 1.29 is 17.4 Å². The third-order valence-electron chi connectivity index (χ3n) is 1.39. The Hall–Kier alpha value is -1.22. The van der Waals surface area contributed by atoms with E-state index < -0.39 is 20.8 Å². The van der Waals surface area contributed by atoms with Gasteiger partial charge in [-0.15, -0.1) is 5.10 Å². The Morgan fingerprint density at radius 1 is 1.60 bits per heavy atom. The van der Waals surface area contributed by atoms with E-state index in [0.29, 0.717) is 6.29 Å². The molecule has 1 N–H and O–H groups in total. The second kappa shape index (κ2) is 4.11. The summed E-state index contributed by atoms with van der Waals surface area (Å²) in [5.41, 5.74) is -0.0491. The van der Waals surface area contributed by atoms with Crippen LogP contribution in [0.2, 0.25) is 0 Å². The van der Waals surface area contributed by atoms with E-state index in [1.54, 1.807) is 0 Å². The van der Waals surface area contributed by atoms with Crippen LogP contribution in [0.3, 0.4) is 0 Å². The molecule has 0 aliphatic heterocycles. The van der Waals surface area contributed by atoms with E-state index in [1.165, 1.54) is 12.5 Å². The van der Waals surface area contributed by atoms with E-state index in [1.807, 2.05) is 4.83 Å². The number of nitrogens with one attached hydrogen (secondary N) is 1. The molecule has 0 aromatic carbocycles. The molecule has 0 saturated carbocycles. The maximum Gasteiger partial charge on any atom is 0.244 e. The molecular weight excluding hydrogens is 242 g/mol. The Morgan fingerprint density at radius 3 is 2.53 bits per heavy atom. The molecule has 0 saturated heterocycles. The summed E-state index contributed by atoms with van der Waals surface area (Å²) in [6.07, 6.45) is 3.92. The lowest BCUT2D eigenvalue weighted by atomic mass is 10.5. The van der Waals surface area contributed by atoms with Crippen molar-refractivity contribution in [3.05, 3.63) is 11.9 Å². The molecule has 1 atom stereocenters. The molecule has 1 aromatic rings. The number of rotatable bonds is 4. The summed E-state index contributed by atoms with van der Waals surface area (Å²) < 4.78 is 32.8. The first kappa shape index (κ1) is 11.9. The van der Waals surface area contributed by atoms with Gasteiger partial charge >= 0.3 is 0 Å². The van der Waals surface area contributed by atoms with Crippen LogP contribution in [-0.2, 0) is 20.8 Å². The SMILES string of the molecule is CS(=O)c1cn(NS(C)(=O)=O)nc1C=O. The first-order valence-corrected chi connectivity index (χ1v) is 7.14. The van der Waals surface area contributed by atoms with Crippen molar-refractivity contribution in [1.29, 1.82) is 0 Å². The van der Waals surface area contributed by atoms with Gasteiger partial charge in [-0.25, -0.2) is 13.2 Å². The molecule has 0 aliphatic rings. The highest BCUT2D eigenvalue weighted by Gasteiger charge is 2.12. The number of carbonyl (C=O) groups excluding carboxylic acids is 1. The molecule has 0 amide bonds. The molecule has 1 unspecified atom stereocenters. The minimum Gasteiger partial charge on any atom is -0.296 e. The van der Waals surface area contributed by atoms with Crippen molar-refractivity contribution in [1.82, 2.24) is 9.89 Å². The Bertz CT molecular complexity index is 504. The van der Waals surface area contributed by atoms with Crippen LogP contribution in [-0.4, -0.2) is 41.3 Å². The third-order valence-corrected chi connectivity index (χ3v) is 2.84. The van der Waals surface area contributed by atoms with Gasteiger partial charge in [-0.2, -0.15) is 4.79 Å².